The maximum Gasteiger partial charge on any atom is 0.490 e. The molecule has 0 aromatic rings. The summed E-state index contributed by atoms with van der Waals surface area (Å²) in [5, 5.41) is 32.6. The van der Waals surface area contributed by atoms with Gasteiger partial charge in [-0.25, -0.2) is 14.4 Å². The standard InChI is InChI=1S/C5H9NO2.3C2HF3O2/c7-5(8)4-2-1-3-6-4;3*3-2(4,5)1(6)7/h4,6H,1-3H2,(H,7,8);3*(H,6,7). The van der Waals surface area contributed by atoms with Crippen molar-refractivity contribution >= 4 is 23.9 Å². The fourth-order valence-corrected chi connectivity index (χ4v) is 0.895. The number of hydrogen-bond acceptors (Lipinski definition) is 5. The van der Waals surface area contributed by atoms with Crippen LogP contribution in [0.25, 0.3) is 0 Å². The Bertz CT molecular complexity index is 493. The van der Waals surface area contributed by atoms with E-state index in [4.69, 9.17) is 34.8 Å². The second-order valence-corrected chi connectivity index (χ2v) is 4.40. The van der Waals surface area contributed by atoms with Crippen LogP contribution in [0.1, 0.15) is 12.8 Å². The molecule has 0 spiro atoms. The van der Waals surface area contributed by atoms with Crippen molar-refractivity contribution in [2.75, 3.05) is 6.54 Å². The highest BCUT2D eigenvalue weighted by Crippen LogP contribution is 2.14. The smallest absolute Gasteiger partial charge is 0.480 e. The molecule has 0 saturated carbocycles. The van der Waals surface area contributed by atoms with Gasteiger partial charge in [0, 0.05) is 0 Å². The SMILES string of the molecule is O=C(O)C(F)(F)F.O=C(O)C(F)(F)F.O=C(O)C(F)(F)F.O=C(O)C1CCCN1. The summed E-state index contributed by atoms with van der Waals surface area (Å²) in [4.78, 5) is 36.8. The van der Waals surface area contributed by atoms with E-state index in [-0.39, 0.29) is 6.04 Å². The number of carboxylic acid groups (broad SMARTS) is 4. The normalized spacial score (nSPS) is 16.0. The molecule has 1 aliphatic rings. The topological polar surface area (TPSA) is 161 Å². The molecule has 172 valence electrons. The van der Waals surface area contributed by atoms with Crippen LogP contribution in [0.4, 0.5) is 39.5 Å². The van der Waals surface area contributed by atoms with Gasteiger partial charge in [0.05, 0.1) is 0 Å². The quantitative estimate of drug-likeness (QED) is 0.369. The van der Waals surface area contributed by atoms with Crippen LogP contribution in [0.15, 0.2) is 0 Å². The van der Waals surface area contributed by atoms with E-state index in [2.05, 4.69) is 5.32 Å². The van der Waals surface area contributed by atoms with Crippen LogP contribution in [0.2, 0.25) is 0 Å². The van der Waals surface area contributed by atoms with E-state index < -0.39 is 42.4 Å². The summed E-state index contributed by atoms with van der Waals surface area (Å²) in [6.45, 7) is 0.858. The Balaban J connectivity index is -0.000000312. The van der Waals surface area contributed by atoms with Crippen LogP contribution in [-0.4, -0.2) is 75.4 Å². The average molecular weight is 457 g/mol. The van der Waals surface area contributed by atoms with Crippen LogP contribution >= 0.6 is 0 Å². The van der Waals surface area contributed by atoms with Crippen molar-refractivity contribution in [3.8, 4) is 0 Å². The molecule has 0 aromatic carbocycles. The number of aliphatic carboxylic acids is 4. The van der Waals surface area contributed by atoms with Crippen LogP contribution < -0.4 is 5.32 Å². The predicted molar refractivity (Wildman–Crippen MR) is 69.7 cm³/mol. The van der Waals surface area contributed by atoms with Crippen LogP contribution in [0.5, 0.6) is 0 Å². The zero-order valence-corrected chi connectivity index (χ0v) is 13.5. The maximum absolute atomic E-state index is 10.6. The Hall–Kier alpha value is -2.79. The van der Waals surface area contributed by atoms with Gasteiger partial charge in [-0.2, -0.15) is 39.5 Å². The average Bonchev–Trinajstić information content (AvgIpc) is 3.00. The molecular weight excluding hydrogens is 445 g/mol. The van der Waals surface area contributed by atoms with Crippen molar-refractivity contribution in [2.45, 2.75) is 37.4 Å². The number of alkyl halides is 9. The van der Waals surface area contributed by atoms with Gasteiger partial charge < -0.3 is 25.7 Å². The van der Waals surface area contributed by atoms with E-state index in [0.717, 1.165) is 19.4 Å². The molecule has 1 fully saturated rings. The monoisotopic (exact) mass is 457 g/mol. The lowest BCUT2D eigenvalue weighted by Crippen LogP contribution is -2.29. The van der Waals surface area contributed by atoms with E-state index >= 15 is 0 Å². The summed E-state index contributed by atoms with van der Waals surface area (Å²) in [6.07, 6.45) is -13.5. The molecule has 0 bridgehead atoms. The van der Waals surface area contributed by atoms with Crippen molar-refractivity contribution < 1.29 is 79.1 Å². The Labute approximate surface area is 153 Å². The van der Waals surface area contributed by atoms with E-state index in [1.807, 2.05) is 0 Å². The molecule has 1 saturated heterocycles. The lowest BCUT2D eigenvalue weighted by Gasteiger charge is -1.99. The number of nitrogens with one attached hydrogen (secondary N) is 1. The molecule has 1 rings (SSSR count). The predicted octanol–water partition coefficient (Wildman–Crippen LogP) is 1.72. The summed E-state index contributed by atoms with van der Waals surface area (Å²) in [5.74, 6) is -8.99. The number of hydrogen-bond donors (Lipinski definition) is 5. The Morgan fingerprint density at radius 2 is 0.897 bits per heavy atom. The van der Waals surface area contributed by atoms with Gasteiger partial charge in [-0.1, -0.05) is 0 Å². The van der Waals surface area contributed by atoms with Gasteiger partial charge in [-0.3, -0.25) is 4.79 Å². The van der Waals surface area contributed by atoms with Gasteiger partial charge in [0.25, 0.3) is 0 Å². The molecule has 0 aliphatic carbocycles. The highest BCUT2D eigenvalue weighted by atomic mass is 19.4. The van der Waals surface area contributed by atoms with Gasteiger partial charge >= 0.3 is 42.4 Å². The van der Waals surface area contributed by atoms with Crippen molar-refractivity contribution in [3.63, 3.8) is 0 Å². The third-order valence-electron chi connectivity index (χ3n) is 2.09. The molecule has 5 N–H and O–H groups in total. The van der Waals surface area contributed by atoms with Gasteiger partial charge in [0.15, 0.2) is 0 Å². The first-order valence-electron chi connectivity index (χ1n) is 6.50. The zero-order chi connectivity index (χ0) is 24.2. The number of carboxylic acids is 4. The van der Waals surface area contributed by atoms with Gasteiger partial charge in [-0.15, -0.1) is 0 Å². The number of halogens is 9. The second-order valence-electron chi connectivity index (χ2n) is 4.40. The Morgan fingerprint density at radius 3 is 0.966 bits per heavy atom. The summed E-state index contributed by atoms with van der Waals surface area (Å²) in [6, 6.07) is -0.269. The summed E-state index contributed by atoms with van der Waals surface area (Å²) in [7, 11) is 0. The molecule has 29 heavy (non-hydrogen) atoms. The van der Waals surface area contributed by atoms with Gasteiger partial charge in [0.2, 0.25) is 0 Å². The third-order valence-corrected chi connectivity index (χ3v) is 2.09. The van der Waals surface area contributed by atoms with Crippen molar-refractivity contribution in [1.29, 1.82) is 0 Å². The fraction of sp³-hybridized carbons (Fsp3) is 0.636. The van der Waals surface area contributed by atoms with Crippen LogP contribution in [0.3, 0.4) is 0 Å². The molecule has 18 heteroatoms. The summed E-state index contributed by atoms with van der Waals surface area (Å²) in [5.41, 5.74) is 0. The van der Waals surface area contributed by atoms with Crippen LogP contribution in [0, 0.1) is 0 Å². The van der Waals surface area contributed by atoms with Crippen molar-refractivity contribution in [2.24, 2.45) is 0 Å². The van der Waals surface area contributed by atoms with Crippen LogP contribution in [-0.2, 0) is 19.2 Å². The molecular formula is C11H12F9NO8. The highest BCUT2D eigenvalue weighted by molar-refractivity contribution is 5.74. The number of rotatable bonds is 1. The third kappa shape index (κ3) is 19.8. The molecule has 1 atom stereocenters. The molecule has 1 aliphatic heterocycles. The van der Waals surface area contributed by atoms with Crippen molar-refractivity contribution in [3.05, 3.63) is 0 Å². The molecule has 0 radical (unpaired) electrons. The molecule has 0 amide bonds. The molecule has 0 aromatic heterocycles. The first kappa shape index (κ1) is 30.9. The summed E-state index contributed by atoms with van der Waals surface area (Å²) >= 11 is 0. The maximum atomic E-state index is 10.6. The molecule has 9 nitrogen and oxygen atoms in total. The molecule has 1 heterocycles. The minimum Gasteiger partial charge on any atom is -0.480 e. The largest absolute Gasteiger partial charge is 0.490 e. The second kappa shape index (κ2) is 12.6. The first-order chi connectivity index (χ1) is 12.6. The number of carbonyl (C=O) groups is 4. The summed E-state index contributed by atoms with van der Waals surface area (Å²) < 4.78 is 95.2. The highest BCUT2D eigenvalue weighted by Gasteiger charge is 2.39. The Morgan fingerprint density at radius 1 is 0.655 bits per heavy atom. The lowest BCUT2D eigenvalue weighted by atomic mass is 10.2. The fourth-order valence-electron chi connectivity index (χ4n) is 0.895. The molecule has 1 unspecified atom stereocenters. The first-order valence-corrected chi connectivity index (χ1v) is 6.50. The minimum atomic E-state index is -5.08. The van der Waals surface area contributed by atoms with E-state index in [0.29, 0.717) is 0 Å². The van der Waals surface area contributed by atoms with E-state index in [1.54, 1.807) is 0 Å². The van der Waals surface area contributed by atoms with Crippen molar-refractivity contribution in [1.82, 2.24) is 5.32 Å². The van der Waals surface area contributed by atoms with Gasteiger partial charge in [-0.05, 0) is 19.4 Å². The lowest BCUT2D eigenvalue weighted by molar-refractivity contribution is -0.193. The Kier molecular flexibility index (Phi) is 13.5. The van der Waals surface area contributed by atoms with E-state index in [1.165, 1.54) is 0 Å². The van der Waals surface area contributed by atoms with E-state index in [9.17, 15) is 44.3 Å². The van der Waals surface area contributed by atoms with Gasteiger partial charge in [0.1, 0.15) is 6.04 Å². The minimum absolute atomic E-state index is 0.269. The zero-order valence-electron chi connectivity index (χ0n) is 13.5.